The Morgan fingerprint density at radius 2 is 1.82 bits per heavy atom. The molecule has 8 heteroatoms. The van der Waals surface area contributed by atoms with Gasteiger partial charge in [-0.1, -0.05) is 12.1 Å². The molecule has 1 aliphatic rings. The van der Waals surface area contributed by atoms with Gasteiger partial charge in [-0.3, -0.25) is 14.6 Å². The van der Waals surface area contributed by atoms with Crippen LogP contribution in [0.1, 0.15) is 57.7 Å². The van der Waals surface area contributed by atoms with Gasteiger partial charge in [0.25, 0.3) is 0 Å². The number of hydrogen-bond acceptors (Lipinski definition) is 4. The molecule has 5 nitrogen and oxygen atoms in total. The highest BCUT2D eigenvalue weighted by Crippen LogP contribution is 2.30. The molecule has 3 aromatic rings. The first-order chi connectivity index (χ1) is 15.6. The fraction of sp³-hybridized carbons (Fsp3) is 0.280. The number of Topliss-reactive ketones (excluding diaryl/α,β-unsaturated/α-hetero) is 2. The van der Waals surface area contributed by atoms with Crippen molar-refractivity contribution in [2.24, 2.45) is 0 Å². The monoisotopic (exact) mass is 453 g/mol. The van der Waals surface area contributed by atoms with Crippen LogP contribution in [0.2, 0.25) is 0 Å². The molecule has 170 valence electrons. The van der Waals surface area contributed by atoms with Crippen LogP contribution in [-0.4, -0.2) is 26.3 Å². The quantitative estimate of drug-likeness (QED) is 0.481. The number of alkyl halides is 3. The molecule has 0 saturated heterocycles. The van der Waals surface area contributed by atoms with Crippen molar-refractivity contribution in [2.75, 3.05) is 0 Å². The van der Waals surface area contributed by atoms with E-state index in [0.29, 0.717) is 36.2 Å². The average Bonchev–Trinajstić information content (AvgIpc) is 3.15. The molecule has 0 unspecified atom stereocenters. The van der Waals surface area contributed by atoms with Gasteiger partial charge in [0.2, 0.25) is 0 Å². The Balaban J connectivity index is 1.51. The van der Waals surface area contributed by atoms with Crippen molar-refractivity contribution in [1.29, 1.82) is 0 Å². The fourth-order valence-corrected chi connectivity index (χ4v) is 4.01. The van der Waals surface area contributed by atoms with Gasteiger partial charge in [-0.05, 0) is 61.2 Å². The third-order valence-corrected chi connectivity index (χ3v) is 5.80. The third-order valence-electron chi connectivity index (χ3n) is 5.80. The number of aromatic nitrogens is 3. The van der Waals surface area contributed by atoms with Gasteiger partial charge >= 0.3 is 6.18 Å². The molecule has 0 spiro atoms. The normalized spacial score (nSPS) is 14.3. The molecule has 0 bridgehead atoms. The molecule has 4 rings (SSSR count). The standard InChI is InChI=1S/C25H22F3N3O2/c1-15-11-17(13-29-24(15)18-3-9-21(32)10-4-18)12-23(33)22-14-30-31(16(22)2)20-7-5-19(6-8-20)25(26,27)28/h3,5-8,11,13-14H,4,9-10,12H2,1-2H3. The number of aryl methyl sites for hydroxylation is 1. The summed E-state index contributed by atoms with van der Waals surface area (Å²) in [7, 11) is 0. The number of rotatable bonds is 5. The zero-order valence-electron chi connectivity index (χ0n) is 18.2. The van der Waals surface area contributed by atoms with Crippen LogP contribution in [0.25, 0.3) is 11.3 Å². The Bertz CT molecular complexity index is 1250. The Morgan fingerprint density at radius 3 is 2.42 bits per heavy atom. The molecule has 1 aromatic carbocycles. The maximum Gasteiger partial charge on any atom is 0.416 e. The van der Waals surface area contributed by atoms with Crippen LogP contribution >= 0.6 is 0 Å². The van der Waals surface area contributed by atoms with Gasteiger partial charge < -0.3 is 0 Å². The lowest BCUT2D eigenvalue weighted by Gasteiger charge is -2.14. The lowest BCUT2D eigenvalue weighted by atomic mass is 9.93. The maximum atomic E-state index is 12.9. The average molecular weight is 453 g/mol. The molecule has 2 heterocycles. The number of carbonyl (C=O) groups is 2. The van der Waals surface area contributed by atoms with Crippen molar-refractivity contribution in [2.45, 2.75) is 45.7 Å². The van der Waals surface area contributed by atoms with E-state index in [2.05, 4.69) is 10.1 Å². The highest BCUT2D eigenvalue weighted by atomic mass is 19.4. The SMILES string of the molecule is Cc1cc(CC(=O)c2cnn(-c3ccc(C(F)(F)F)cc3)c2C)cnc1C1=CCC(=O)CC1. The van der Waals surface area contributed by atoms with E-state index in [-0.39, 0.29) is 18.0 Å². The molecule has 2 aromatic heterocycles. The molecule has 33 heavy (non-hydrogen) atoms. The fourth-order valence-electron chi connectivity index (χ4n) is 4.01. The number of ketones is 2. The van der Waals surface area contributed by atoms with E-state index in [1.807, 2.05) is 19.1 Å². The number of pyridine rings is 1. The number of carbonyl (C=O) groups excluding carboxylic acids is 2. The van der Waals surface area contributed by atoms with Gasteiger partial charge in [-0.15, -0.1) is 0 Å². The minimum absolute atomic E-state index is 0.130. The highest BCUT2D eigenvalue weighted by Gasteiger charge is 2.30. The number of allylic oxidation sites excluding steroid dienone is 2. The second-order valence-corrected chi connectivity index (χ2v) is 8.18. The summed E-state index contributed by atoms with van der Waals surface area (Å²) in [6.07, 6.45) is 2.38. The number of benzene rings is 1. The Hall–Kier alpha value is -3.55. The van der Waals surface area contributed by atoms with Gasteiger partial charge in [-0.2, -0.15) is 18.3 Å². The van der Waals surface area contributed by atoms with Crippen LogP contribution < -0.4 is 0 Å². The number of hydrogen-bond donors (Lipinski definition) is 0. The summed E-state index contributed by atoms with van der Waals surface area (Å²) < 4.78 is 39.9. The first kappa shape index (κ1) is 22.6. The van der Waals surface area contributed by atoms with Crippen molar-refractivity contribution >= 4 is 17.1 Å². The van der Waals surface area contributed by atoms with Gasteiger partial charge in [0.15, 0.2) is 5.78 Å². The van der Waals surface area contributed by atoms with Crippen LogP contribution in [0, 0.1) is 13.8 Å². The molecule has 0 atom stereocenters. The van der Waals surface area contributed by atoms with Crippen LogP contribution in [0.15, 0.2) is 48.8 Å². The van der Waals surface area contributed by atoms with E-state index in [0.717, 1.165) is 34.5 Å². The summed E-state index contributed by atoms with van der Waals surface area (Å²) >= 11 is 0. The third kappa shape index (κ3) is 4.79. The molecule has 0 radical (unpaired) electrons. The number of nitrogens with zero attached hydrogens (tertiary/aromatic N) is 3. The maximum absolute atomic E-state index is 12.9. The smallest absolute Gasteiger partial charge is 0.299 e. The van der Waals surface area contributed by atoms with Crippen LogP contribution in [0.5, 0.6) is 0 Å². The molecular weight excluding hydrogens is 431 g/mol. The first-order valence-corrected chi connectivity index (χ1v) is 10.6. The minimum Gasteiger partial charge on any atom is -0.299 e. The lowest BCUT2D eigenvalue weighted by molar-refractivity contribution is -0.137. The van der Waals surface area contributed by atoms with Crippen molar-refractivity contribution in [3.05, 3.63) is 82.4 Å². The molecule has 0 fully saturated rings. The zero-order valence-corrected chi connectivity index (χ0v) is 18.2. The summed E-state index contributed by atoms with van der Waals surface area (Å²) in [6, 6.07) is 6.57. The zero-order chi connectivity index (χ0) is 23.8. The topological polar surface area (TPSA) is 64.8 Å². The van der Waals surface area contributed by atoms with Crippen molar-refractivity contribution < 1.29 is 22.8 Å². The van der Waals surface area contributed by atoms with E-state index >= 15 is 0 Å². The van der Waals surface area contributed by atoms with Gasteiger partial charge in [0.05, 0.1) is 34.4 Å². The second kappa shape index (κ2) is 8.77. The molecule has 0 N–H and O–H groups in total. The second-order valence-electron chi connectivity index (χ2n) is 8.18. The number of halogens is 3. The Kier molecular flexibility index (Phi) is 6.01. The van der Waals surface area contributed by atoms with Gasteiger partial charge in [-0.25, -0.2) is 4.68 Å². The van der Waals surface area contributed by atoms with E-state index in [1.165, 1.54) is 23.0 Å². The van der Waals surface area contributed by atoms with E-state index in [9.17, 15) is 22.8 Å². The molecular formula is C25H22F3N3O2. The van der Waals surface area contributed by atoms with Gasteiger partial charge in [0, 0.05) is 25.5 Å². The molecule has 1 aliphatic carbocycles. The van der Waals surface area contributed by atoms with Crippen molar-refractivity contribution in [1.82, 2.24) is 14.8 Å². The van der Waals surface area contributed by atoms with Gasteiger partial charge in [0.1, 0.15) is 5.78 Å². The molecule has 0 saturated carbocycles. The summed E-state index contributed by atoms with van der Waals surface area (Å²) in [5, 5.41) is 4.20. The van der Waals surface area contributed by atoms with E-state index in [4.69, 9.17) is 0 Å². The summed E-state index contributed by atoms with van der Waals surface area (Å²) in [6.45, 7) is 3.64. The van der Waals surface area contributed by atoms with Crippen LogP contribution in [0.4, 0.5) is 13.2 Å². The van der Waals surface area contributed by atoms with E-state index < -0.39 is 11.7 Å². The molecule has 0 amide bonds. The summed E-state index contributed by atoms with van der Waals surface area (Å²) in [4.78, 5) is 28.9. The molecule has 0 aliphatic heterocycles. The lowest BCUT2D eigenvalue weighted by Crippen LogP contribution is -2.09. The Labute approximate surface area is 189 Å². The predicted octanol–water partition coefficient (Wildman–Crippen LogP) is 5.46. The van der Waals surface area contributed by atoms with Crippen molar-refractivity contribution in [3.63, 3.8) is 0 Å². The summed E-state index contributed by atoms with van der Waals surface area (Å²) in [5.74, 6) is 0.0768. The first-order valence-electron chi connectivity index (χ1n) is 10.6. The van der Waals surface area contributed by atoms with Crippen LogP contribution in [-0.2, 0) is 17.4 Å². The van der Waals surface area contributed by atoms with E-state index in [1.54, 1.807) is 13.1 Å². The highest BCUT2D eigenvalue weighted by molar-refractivity contribution is 5.98. The summed E-state index contributed by atoms with van der Waals surface area (Å²) in [5.41, 5.74) is 4.27. The minimum atomic E-state index is -4.41. The predicted molar refractivity (Wildman–Crippen MR) is 117 cm³/mol. The largest absolute Gasteiger partial charge is 0.416 e. The van der Waals surface area contributed by atoms with Crippen molar-refractivity contribution in [3.8, 4) is 5.69 Å². The van der Waals surface area contributed by atoms with Crippen LogP contribution in [0.3, 0.4) is 0 Å². The Morgan fingerprint density at radius 1 is 1.09 bits per heavy atom.